The summed E-state index contributed by atoms with van der Waals surface area (Å²) in [5.41, 5.74) is 1.94. The summed E-state index contributed by atoms with van der Waals surface area (Å²) >= 11 is 2.25. The summed E-state index contributed by atoms with van der Waals surface area (Å²) in [4.78, 5) is 10.5. The third kappa shape index (κ3) is 3.51. The van der Waals surface area contributed by atoms with E-state index in [0.717, 1.165) is 9.99 Å². The lowest BCUT2D eigenvalue weighted by Crippen LogP contribution is -2.04. The number of nitrogens with zero attached hydrogens (tertiary/aromatic N) is 1. The maximum atomic E-state index is 10.5. The Morgan fingerprint density at radius 1 is 1.47 bits per heavy atom. The molecule has 1 aromatic rings. The molecule has 0 aromatic heterocycles. The summed E-state index contributed by atoms with van der Waals surface area (Å²) in [5.74, 6) is -1.50. The number of carboxylic acids is 1. The minimum atomic E-state index is -0.945. The van der Waals surface area contributed by atoms with Crippen molar-refractivity contribution in [2.75, 3.05) is 0 Å². The van der Waals surface area contributed by atoms with Gasteiger partial charge < -0.3 is 5.11 Å². The van der Waals surface area contributed by atoms with Gasteiger partial charge in [0.2, 0.25) is 0 Å². The lowest BCUT2D eigenvalue weighted by Gasteiger charge is -2.06. The molecule has 1 unspecified atom stereocenters. The molecule has 0 amide bonds. The van der Waals surface area contributed by atoms with Gasteiger partial charge in [-0.15, -0.1) is 0 Å². The first-order valence-corrected chi connectivity index (χ1v) is 5.96. The maximum Gasteiger partial charge on any atom is 0.305 e. The third-order valence-electron chi connectivity index (χ3n) is 2.07. The second-order valence-electron chi connectivity index (χ2n) is 3.15. The van der Waals surface area contributed by atoms with Crippen LogP contribution in [-0.4, -0.2) is 11.1 Å². The van der Waals surface area contributed by atoms with Crippen LogP contribution in [0.5, 0.6) is 0 Å². The van der Waals surface area contributed by atoms with Gasteiger partial charge in [0.05, 0.1) is 18.4 Å². The molecule has 0 saturated carbocycles. The molecule has 1 aromatic carbocycles. The monoisotopic (exact) mass is 315 g/mol. The van der Waals surface area contributed by atoms with Crippen LogP contribution in [0.25, 0.3) is 0 Å². The van der Waals surface area contributed by atoms with Crippen molar-refractivity contribution >= 4 is 28.6 Å². The summed E-state index contributed by atoms with van der Waals surface area (Å²) in [5, 5.41) is 17.5. The molecule has 0 aliphatic heterocycles. The SMILES string of the molecule is N#CC(CC(=O)O)c1ccc(CI)cc1. The van der Waals surface area contributed by atoms with Crippen LogP contribution in [0.15, 0.2) is 24.3 Å². The average molecular weight is 315 g/mol. The number of alkyl halides is 1. The van der Waals surface area contributed by atoms with E-state index in [0.29, 0.717) is 0 Å². The number of rotatable bonds is 4. The molecule has 1 N–H and O–H groups in total. The Hall–Kier alpha value is -1.09. The van der Waals surface area contributed by atoms with Crippen molar-refractivity contribution in [3.05, 3.63) is 35.4 Å². The van der Waals surface area contributed by atoms with Crippen molar-refractivity contribution < 1.29 is 9.90 Å². The molecule has 3 nitrogen and oxygen atoms in total. The van der Waals surface area contributed by atoms with Gasteiger partial charge in [-0.1, -0.05) is 46.9 Å². The van der Waals surface area contributed by atoms with Crippen molar-refractivity contribution in [3.63, 3.8) is 0 Å². The molecule has 4 heteroatoms. The highest BCUT2D eigenvalue weighted by Crippen LogP contribution is 2.20. The Kier molecular flexibility index (Phi) is 4.56. The number of halogens is 1. The quantitative estimate of drug-likeness (QED) is 0.686. The predicted molar refractivity (Wildman–Crippen MR) is 64.8 cm³/mol. The summed E-state index contributed by atoms with van der Waals surface area (Å²) in [6, 6.07) is 9.50. The van der Waals surface area contributed by atoms with E-state index in [1.165, 1.54) is 5.56 Å². The van der Waals surface area contributed by atoms with Crippen molar-refractivity contribution in [1.29, 1.82) is 5.26 Å². The van der Waals surface area contributed by atoms with Crippen molar-refractivity contribution in [2.24, 2.45) is 0 Å². The second-order valence-corrected chi connectivity index (χ2v) is 3.92. The molecule has 0 bridgehead atoms. The number of carboxylic acid groups (broad SMARTS) is 1. The minimum absolute atomic E-state index is 0.139. The normalized spacial score (nSPS) is 11.7. The highest BCUT2D eigenvalue weighted by molar-refractivity contribution is 14.1. The number of aliphatic carboxylic acids is 1. The van der Waals surface area contributed by atoms with E-state index in [2.05, 4.69) is 22.6 Å². The standard InChI is InChI=1S/C11H10INO2/c12-6-8-1-3-9(4-2-8)10(7-13)5-11(14)15/h1-4,10H,5-6H2,(H,14,15). The molecular weight excluding hydrogens is 305 g/mol. The van der Waals surface area contributed by atoms with Crippen LogP contribution in [0.3, 0.4) is 0 Å². The van der Waals surface area contributed by atoms with Crippen LogP contribution in [0.4, 0.5) is 0 Å². The first-order valence-electron chi connectivity index (χ1n) is 4.43. The molecule has 0 spiro atoms. The van der Waals surface area contributed by atoms with E-state index < -0.39 is 11.9 Å². The molecule has 15 heavy (non-hydrogen) atoms. The Bertz CT molecular complexity index is 381. The van der Waals surface area contributed by atoms with E-state index in [4.69, 9.17) is 10.4 Å². The number of carbonyl (C=O) groups is 1. The van der Waals surface area contributed by atoms with Crippen molar-refractivity contribution in [2.45, 2.75) is 16.8 Å². The molecule has 0 radical (unpaired) electrons. The van der Waals surface area contributed by atoms with Crippen molar-refractivity contribution in [1.82, 2.24) is 0 Å². The van der Waals surface area contributed by atoms with E-state index >= 15 is 0 Å². The maximum absolute atomic E-state index is 10.5. The molecule has 78 valence electrons. The van der Waals surface area contributed by atoms with E-state index in [9.17, 15) is 4.79 Å². The summed E-state index contributed by atoms with van der Waals surface area (Å²) < 4.78 is 0.911. The van der Waals surface area contributed by atoms with Gasteiger partial charge in [0.25, 0.3) is 0 Å². The Labute approximate surface area is 102 Å². The summed E-state index contributed by atoms with van der Waals surface area (Å²) in [6.07, 6.45) is -0.139. The minimum Gasteiger partial charge on any atom is -0.481 e. The van der Waals surface area contributed by atoms with Crippen LogP contribution in [0, 0.1) is 11.3 Å². The number of hydrogen-bond acceptors (Lipinski definition) is 2. The predicted octanol–water partition coefficient (Wildman–Crippen LogP) is 2.70. The van der Waals surface area contributed by atoms with Crippen LogP contribution in [0.1, 0.15) is 23.5 Å². The highest BCUT2D eigenvalue weighted by Gasteiger charge is 2.14. The van der Waals surface area contributed by atoms with Gasteiger partial charge in [-0.2, -0.15) is 5.26 Å². The second kappa shape index (κ2) is 5.71. The number of hydrogen-bond donors (Lipinski definition) is 1. The largest absolute Gasteiger partial charge is 0.481 e. The van der Waals surface area contributed by atoms with E-state index in [1.54, 1.807) is 0 Å². The summed E-state index contributed by atoms with van der Waals surface area (Å²) in [6.45, 7) is 0. The third-order valence-corrected chi connectivity index (χ3v) is 2.95. The molecule has 0 heterocycles. The highest BCUT2D eigenvalue weighted by atomic mass is 127. The van der Waals surface area contributed by atoms with Crippen LogP contribution < -0.4 is 0 Å². The number of benzene rings is 1. The smallest absolute Gasteiger partial charge is 0.305 e. The average Bonchev–Trinajstić information content (AvgIpc) is 2.26. The van der Waals surface area contributed by atoms with Crippen LogP contribution in [-0.2, 0) is 9.22 Å². The summed E-state index contributed by atoms with van der Waals surface area (Å²) in [7, 11) is 0. The zero-order chi connectivity index (χ0) is 11.3. The first-order chi connectivity index (χ1) is 7.17. The molecule has 0 aliphatic rings. The molecule has 0 aliphatic carbocycles. The zero-order valence-electron chi connectivity index (χ0n) is 7.98. The van der Waals surface area contributed by atoms with E-state index in [1.807, 2.05) is 30.3 Å². The van der Waals surface area contributed by atoms with Crippen LogP contribution >= 0.6 is 22.6 Å². The Balaban J connectivity index is 2.84. The fraction of sp³-hybridized carbons (Fsp3) is 0.273. The Morgan fingerprint density at radius 3 is 2.47 bits per heavy atom. The van der Waals surface area contributed by atoms with Gasteiger partial charge in [0.15, 0.2) is 0 Å². The van der Waals surface area contributed by atoms with Crippen LogP contribution in [0.2, 0.25) is 0 Å². The van der Waals surface area contributed by atoms with Gasteiger partial charge in [0.1, 0.15) is 0 Å². The fourth-order valence-electron chi connectivity index (χ4n) is 1.25. The zero-order valence-corrected chi connectivity index (χ0v) is 10.1. The lowest BCUT2D eigenvalue weighted by molar-refractivity contribution is -0.137. The Morgan fingerprint density at radius 2 is 2.07 bits per heavy atom. The van der Waals surface area contributed by atoms with E-state index in [-0.39, 0.29) is 6.42 Å². The molecule has 0 fully saturated rings. The van der Waals surface area contributed by atoms with Gasteiger partial charge in [-0.05, 0) is 11.1 Å². The lowest BCUT2D eigenvalue weighted by atomic mass is 9.96. The molecule has 0 saturated heterocycles. The van der Waals surface area contributed by atoms with Crippen molar-refractivity contribution in [3.8, 4) is 6.07 Å². The topological polar surface area (TPSA) is 61.1 Å². The molecular formula is C11H10INO2. The molecule has 1 rings (SSSR count). The van der Waals surface area contributed by atoms with Gasteiger partial charge in [0, 0.05) is 4.43 Å². The van der Waals surface area contributed by atoms with Gasteiger partial charge in [-0.3, -0.25) is 4.79 Å². The fourth-order valence-corrected chi connectivity index (χ4v) is 1.76. The van der Waals surface area contributed by atoms with Gasteiger partial charge >= 0.3 is 5.97 Å². The van der Waals surface area contributed by atoms with Gasteiger partial charge in [-0.25, -0.2) is 0 Å². The molecule has 1 atom stereocenters. The first kappa shape index (κ1) is 12.0. The number of nitriles is 1.